The number of H-pyrrole nitrogens is 1. The molecule has 1 N–H and O–H groups in total. The van der Waals surface area contributed by atoms with Crippen LogP contribution in [0.2, 0.25) is 0 Å². The van der Waals surface area contributed by atoms with Crippen molar-refractivity contribution in [1.82, 2.24) is 9.97 Å². The van der Waals surface area contributed by atoms with Gasteiger partial charge in [0.05, 0.1) is 5.52 Å². The van der Waals surface area contributed by atoms with E-state index >= 15 is 0 Å². The first kappa shape index (κ1) is 8.80. The van der Waals surface area contributed by atoms with Crippen molar-refractivity contribution in [2.75, 3.05) is 0 Å². The Morgan fingerprint density at radius 2 is 2.07 bits per heavy atom. The van der Waals surface area contributed by atoms with Gasteiger partial charge in [-0.25, -0.2) is 13.8 Å². The minimum atomic E-state index is -0.895. The van der Waals surface area contributed by atoms with E-state index in [0.717, 1.165) is 6.07 Å². The molecule has 0 atom stereocenters. The van der Waals surface area contributed by atoms with E-state index in [4.69, 9.17) is 0 Å². The van der Waals surface area contributed by atoms with Gasteiger partial charge in [-0.1, -0.05) is 0 Å². The summed E-state index contributed by atoms with van der Waals surface area (Å²) in [7, 11) is 0. The Balaban J connectivity index is 3.02. The number of benzene rings is 1. The Labute approximate surface area is 77.4 Å². The van der Waals surface area contributed by atoms with Crippen LogP contribution in [0.1, 0.15) is 5.82 Å². The molecule has 72 valence electrons. The summed E-state index contributed by atoms with van der Waals surface area (Å²) in [6.45, 7) is 1.55. The molecule has 1 heterocycles. The highest BCUT2D eigenvalue weighted by Gasteiger charge is 2.09. The summed E-state index contributed by atoms with van der Waals surface area (Å²) in [6.07, 6.45) is 0. The third-order valence-corrected chi connectivity index (χ3v) is 1.84. The van der Waals surface area contributed by atoms with E-state index in [1.54, 1.807) is 6.92 Å². The van der Waals surface area contributed by atoms with E-state index in [9.17, 15) is 13.6 Å². The number of aryl methyl sites for hydroxylation is 1. The maximum absolute atomic E-state index is 13.1. The van der Waals surface area contributed by atoms with Crippen LogP contribution < -0.4 is 5.56 Å². The molecule has 5 heteroatoms. The SMILES string of the molecule is Cc1nc2cc(F)cc(F)c2c(=O)[nH]1. The molecule has 2 aromatic rings. The lowest BCUT2D eigenvalue weighted by Crippen LogP contribution is -2.11. The van der Waals surface area contributed by atoms with Crippen LogP contribution in [0.25, 0.3) is 10.9 Å². The number of aromatic nitrogens is 2. The summed E-state index contributed by atoms with van der Waals surface area (Å²) in [5.74, 6) is -1.31. The Bertz CT molecular complexity index is 557. The van der Waals surface area contributed by atoms with Crippen molar-refractivity contribution >= 4 is 10.9 Å². The third-order valence-electron chi connectivity index (χ3n) is 1.84. The molecule has 0 aliphatic heterocycles. The van der Waals surface area contributed by atoms with Gasteiger partial charge in [0.15, 0.2) is 0 Å². The quantitative estimate of drug-likeness (QED) is 0.694. The highest BCUT2D eigenvalue weighted by atomic mass is 19.1. The van der Waals surface area contributed by atoms with Crippen molar-refractivity contribution in [3.63, 3.8) is 0 Å². The van der Waals surface area contributed by atoms with Gasteiger partial charge in [-0.2, -0.15) is 0 Å². The second kappa shape index (κ2) is 2.87. The number of halogens is 2. The van der Waals surface area contributed by atoms with Crippen molar-refractivity contribution in [1.29, 1.82) is 0 Å². The Morgan fingerprint density at radius 3 is 2.79 bits per heavy atom. The summed E-state index contributed by atoms with van der Waals surface area (Å²) in [5.41, 5.74) is -0.561. The molecule has 2 rings (SSSR count). The van der Waals surface area contributed by atoms with Gasteiger partial charge in [0.1, 0.15) is 22.8 Å². The van der Waals surface area contributed by atoms with Crippen molar-refractivity contribution in [2.24, 2.45) is 0 Å². The first-order valence-corrected chi connectivity index (χ1v) is 3.93. The van der Waals surface area contributed by atoms with Crippen LogP contribution in [0.3, 0.4) is 0 Å². The number of rotatable bonds is 0. The first-order chi connectivity index (χ1) is 6.58. The number of hydrogen-bond acceptors (Lipinski definition) is 2. The molecular formula is C9H6F2N2O. The van der Waals surface area contributed by atoms with Gasteiger partial charge in [-0.3, -0.25) is 4.79 Å². The second-order valence-electron chi connectivity index (χ2n) is 2.93. The van der Waals surface area contributed by atoms with E-state index in [1.165, 1.54) is 0 Å². The van der Waals surface area contributed by atoms with Gasteiger partial charge >= 0.3 is 0 Å². The zero-order valence-corrected chi connectivity index (χ0v) is 7.27. The Hall–Kier alpha value is -1.78. The fraction of sp³-hybridized carbons (Fsp3) is 0.111. The van der Waals surface area contributed by atoms with E-state index in [-0.39, 0.29) is 10.9 Å². The average molecular weight is 196 g/mol. The van der Waals surface area contributed by atoms with Gasteiger partial charge < -0.3 is 4.98 Å². The summed E-state index contributed by atoms with van der Waals surface area (Å²) in [4.78, 5) is 17.4. The van der Waals surface area contributed by atoms with Gasteiger partial charge in [0.2, 0.25) is 0 Å². The van der Waals surface area contributed by atoms with Gasteiger partial charge in [0, 0.05) is 12.1 Å². The van der Waals surface area contributed by atoms with Gasteiger partial charge in [-0.05, 0) is 6.92 Å². The Morgan fingerprint density at radius 1 is 1.36 bits per heavy atom. The number of nitrogens with one attached hydrogen (secondary N) is 1. The summed E-state index contributed by atoms with van der Waals surface area (Å²) in [5, 5.41) is -0.211. The number of hydrogen-bond donors (Lipinski definition) is 1. The highest BCUT2D eigenvalue weighted by Crippen LogP contribution is 2.13. The zero-order chi connectivity index (χ0) is 10.3. The second-order valence-corrected chi connectivity index (χ2v) is 2.93. The average Bonchev–Trinajstić information content (AvgIpc) is 1.99. The Kier molecular flexibility index (Phi) is 1.80. The topological polar surface area (TPSA) is 45.8 Å². The molecule has 0 radical (unpaired) electrons. The zero-order valence-electron chi connectivity index (χ0n) is 7.27. The van der Waals surface area contributed by atoms with Gasteiger partial charge in [0.25, 0.3) is 5.56 Å². The lowest BCUT2D eigenvalue weighted by atomic mass is 10.2. The molecule has 0 aliphatic carbocycles. The summed E-state index contributed by atoms with van der Waals surface area (Å²) in [6, 6.07) is 1.69. The molecule has 0 unspecified atom stereocenters. The predicted molar refractivity (Wildman–Crippen MR) is 47.0 cm³/mol. The first-order valence-electron chi connectivity index (χ1n) is 3.93. The fourth-order valence-electron chi connectivity index (χ4n) is 1.31. The fourth-order valence-corrected chi connectivity index (χ4v) is 1.31. The van der Waals surface area contributed by atoms with E-state index in [2.05, 4.69) is 9.97 Å². The van der Waals surface area contributed by atoms with Crippen LogP contribution in [-0.2, 0) is 0 Å². The van der Waals surface area contributed by atoms with Crippen LogP contribution in [0.4, 0.5) is 8.78 Å². The molecule has 0 aliphatic rings. The van der Waals surface area contributed by atoms with Crippen LogP contribution >= 0.6 is 0 Å². The number of nitrogens with zero attached hydrogens (tertiary/aromatic N) is 1. The predicted octanol–water partition coefficient (Wildman–Crippen LogP) is 1.51. The maximum atomic E-state index is 13.1. The molecule has 0 amide bonds. The van der Waals surface area contributed by atoms with Gasteiger partial charge in [-0.15, -0.1) is 0 Å². The maximum Gasteiger partial charge on any atom is 0.261 e. The van der Waals surface area contributed by atoms with Crippen molar-refractivity contribution in [2.45, 2.75) is 6.92 Å². The molecule has 0 saturated heterocycles. The van der Waals surface area contributed by atoms with Crippen LogP contribution in [0, 0.1) is 18.6 Å². The third kappa shape index (κ3) is 1.26. The summed E-state index contributed by atoms with van der Waals surface area (Å²) >= 11 is 0. The van der Waals surface area contributed by atoms with Crippen molar-refractivity contribution in [3.8, 4) is 0 Å². The molecule has 14 heavy (non-hydrogen) atoms. The van der Waals surface area contributed by atoms with E-state index in [1.807, 2.05) is 0 Å². The number of fused-ring (bicyclic) bond motifs is 1. The highest BCUT2D eigenvalue weighted by molar-refractivity contribution is 5.78. The molecule has 1 aromatic heterocycles. The number of aromatic amines is 1. The normalized spacial score (nSPS) is 10.8. The van der Waals surface area contributed by atoms with Crippen LogP contribution in [0.15, 0.2) is 16.9 Å². The molecule has 1 aromatic carbocycles. The van der Waals surface area contributed by atoms with Crippen molar-refractivity contribution in [3.05, 3.63) is 39.9 Å². The molecule has 3 nitrogen and oxygen atoms in total. The molecule has 0 spiro atoms. The molecule has 0 bridgehead atoms. The van der Waals surface area contributed by atoms with E-state index < -0.39 is 17.2 Å². The van der Waals surface area contributed by atoms with Crippen molar-refractivity contribution < 1.29 is 8.78 Å². The van der Waals surface area contributed by atoms with Crippen LogP contribution in [0.5, 0.6) is 0 Å². The molecule has 0 saturated carbocycles. The van der Waals surface area contributed by atoms with Crippen LogP contribution in [-0.4, -0.2) is 9.97 Å². The standard InChI is InChI=1S/C9H6F2N2O/c1-4-12-7-3-5(10)2-6(11)8(7)9(14)13-4/h2-3H,1H3,(H,12,13,14). The lowest BCUT2D eigenvalue weighted by molar-refractivity contribution is 0.590. The summed E-state index contributed by atoms with van der Waals surface area (Å²) < 4.78 is 25.9. The largest absolute Gasteiger partial charge is 0.310 e. The minimum Gasteiger partial charge on any atom is -0.310 e. The van der Waals surface area contributed by atoms with E-state index in [0.29, 0.717) is 11.9 Å². The lowest BCUT2D eigenvalue weighted by Gasteiger charge is -1.99. The minimum absolute atomic E-state index is 0.0313. The molecular weight excluding hydrogens is 190 g/mol. The smallest absolute Gasteiger partial charge is 0.261 e. The molecule has 0 fully saturated rings. The monoisotopic (exact) mass is 196 g/mol.